The van der Waals surface area contributed by atoms with E-state index in [2.05, 4.69) is 38.9 Å². The zero-order valence-electron chi connectivity index (χ0n) is 14.3. The molecule has 0 fully saturated rings. The molecule has 0 unspecified atom stereocenters. The Bertz CT molecular complexity index is 1150. The van der Waals surface area contributed by atoms with Crippen LogP contribution in [0.4, 0.5) is 5.82 Å². The van der Waals surface area contributed by atoms with Crippen molar-refractivity contribution in [2.24, 2.45) is 0 Å². The van der Waals surface area contributed by atoms with Gasteiger partial charge in [-0.25, -0.2) is 9.50 Å². The molecule has 0 spiro atoms. The molecule has 0 amide bonds. The van der Waals surface area contributed by atoms with Crippen molar-refractivity contribution in [1.29, 1.82) is 0 Å². The van der Waals surface area contributed by atoms with Crippen LogP contribution in [0.15, 0.2) is 53.7 Å². The highest BCUT2D eigenvalue weighted by molar-refractivity contribution is 5.57. The van der Waals surface area contributed by atoms with Gasteiger partial charge in [0.1, 0.15) is 11.9 Å². The van der Waals surface area contributed by atoms with Gasteiger partial charge in [-0.2, -0.15) is 5.10 Å². The average Bonchev–Trinajstić information content (AvgIpc) is 3.28. The van der Waals surface area contributed by atoms with E-state index < -0.39 is 0 Å². The third kappa shape index (κ3) is 2.24. The number of pyridine rings is 2. The van der Waals surface area contributed by atoms with E-state index in [9.17, 15) is 4.79 Å². The second-order valence-corrected chi connectivity index (χ2v) is 6.60. The summed E-state index contributed by atoms with van der Waals surface area (Å²) in [4.78, 5) is 24.8. The summed E-state index contributed by atoms with van der Waals surface area (Å²) in [5.74, 6) is 0.782. The third-order valence-corrected chi connectivity index (χ3v) is 5.00. The van der Waals surface area contributed by atoms with Crippen LogP contribution in [-0.2, 0) is 6.42 Å². The van der Waals surface area contributed by atoms with Crippen LogP contribution in [-0.4, -0.2) is 31.1 Å². The van der Waals surface area contributed by atoms with Crippen molar-refractivity contribution in [3.05, 3.63) is 81.9 Å². The number of hydrogen-bond acceptors (Lipinski definition) is 4. The molecule has 1 aliphatic rings. The minimum atomic E-state index is -0.151. The molecule has 1 atom stereocenters. The first kappa shape index (κ1) is 14.9. The summed E-state index contributed by atoms with van der Waals surface area (Å²) < 4.78 is 1.90. The summed E-state index contributed by atoms with van der Waals surface area (Å²) >= 11 is 0. The van der Waals surface area contributed by atoms with Crippen molar-refractivity contribution in [1.82, 2.24) is 24.6 Å². The largest absolute Gasteiger partial charge is 0.348 e. The van der Waals surface area contributed by atoms with Gasteiger partial charge in [0.05, 0.1) is 23.2 Å². The normalized spacial score (nSPS) is 16.8. The molecule has 0 saturated carbocycles. The molecule has 0 saturated heterocycles. The second-order valence-electron chi connectivity index (χ2n) is 6.60. The fourth-order valence-electron chi connectivity index (χ4n) is 3.75. The molecule has 4 aromatic heterocycles. The SMILES string of the molecule is Cc1cccn2nc([C@H]3c4nc[nH]c4CCN3c3cccc(=O)[nH]3)cc12. The first-order valence-corrected chi connectivity index (χ1v) is 8.64. The zero-order valence-corrected chi connectivity index (χ0v) is 14.3. The molecule has 7 heteroatoms. The van der Waals surface area contributed by atoms with Crippen LogP contribution in [0.5, 0.6) is 0 Å². The number of rotatable bonds is 2. The smallest absolute Gasteiger partial charge is 0.249 e. The molecule has 0 aliphatic carbocycles. The van der Waals surface area contributed by atoms with Gasteiger partial charge < -0.3 is 14.9 Å². The molecular weight excluding hydrogens is 328 g/mol. The minimum Gasteiger partial charge on any atom is -0.348 e. The van der Waals surface area contributed by atoms with Crippen molar-refractivity contribution in [2.75, 3.05) is 11.4 Å². The lowest BCUT2D eigenvalue weighted by Gasteiger charge is -2.35. The number of nitrogens with zero attached hydrogens (tertiary/aromatic N) is 4. The van der Waals surface area contributed by atoms with Gasteiger partial charge >= 0.3 is 0 Å². The van der Waals surface area contributed by atoms with Crippen molar-refractivity contribution in [3.8, 4) is 0 Å². The van der Waals surface area contributed by atoms with E-state index in [1.807, 2.05) is 22.8 Å². The highest BCUT2D eigenvalue weighted by Crippen LogP contribution is 2.35. The number of aromatic amines is 2. The van der Waals surface area contributed by atoms with Crippen molar-refractivity contribution < 1.29 is 0 Å². The van der Waals surface area contributed by atoms with E-state index >= 15 is 0 Å². The van der Waals surface area contributed by atoms with Gasteiger partial charge in [-0.1, -0.05) is 12.1 Å². The molecular formula is C19H18N6O. The molecule has 1 aliphatic heterocycles. The molecule has 26 heavy (non-hydrogen) atoms. The Labute approximate surface area is 149 Å². The maximum Gasteiger partial charge on any atom is 0.249 e. The summed E-state index contributed by atoms with van der Waals surface area (Å²) in [5, 5.41) is 4.80. The first-order chi connectivity index (χ1) is 12.7. The predicted molar refractivity (Wildman–Crippen MR) is 98.5 cm³/mol. The lowest BCUT2D eigenvalue weighted by Crippen LogP contribution is -2.37. The number of fused-ring (bicyclic) bond motifs is 2. The number of imidazole rings is 1. The Hall–Kier alpha value is -3.35. The van der Waals surface area contributed by atoms with Gasteiger partial charge in [0.15, 0.2) is 0 Å². The van der Waals surface area contributed by atoms with E-state index in [0.29, 0.717) is 0 Å². The van der Waals surface area contributed by atoms with Crippen LogP contribution in [0.3, 0.4) is 0 Å². The van der Waals surface area contributed by atoms with Gasteiger partial charge in [-0.3, -0.25) is 4.79 Å². The highest BCUT2D eigenvalue weighted by atomic mass is 16.1. The molecule has 0 aromatic carbocycles. The maximum absolute atomic E-state index is 11.8. The molecule has 7 nitrogen and oxygen atoms in total. The predicted octanol–water partition coefficient (Wildman–Crippen LogP) is 2.21. The molecule has 2 N–H and O–H groups in total. The minimum absolute atomic E-state index is 0.111. The average molecular weight is 346 g/mol. The Kier molecular flexibility index (Phi) is 3.21. The number of nitrogens with one attached hydrogen (secondary N) is 2. The van der Waals surface area contributed by atoms with Gasteiger partial charge in [0, 0.05) is 30.9 Å². The summed E-state index contributed by atoms with van der Waals surface area (Å²) in [6.45, 7) is 2.85. The Morgan fingerprint density at radius 2 is 2.15 bits per heavy atom. The van der Waals surface area contributed by atoms with Gasteiger partial charge in [-0.05, 0) is 30.7 Å². The fourth-order valence-corrected chi connectivity index (χ4v) is 3.75. The van der Waals surface area contributed by atoms with Crippen LogP contribution in [0.1, 0.15) is 28.7 Å². The number of aryl methyl sites for hydroxylation is 1. The monoisotopic (exact) mass is 346 g/mol. The molecule has 0 bridgehead atoms. The van der Waals surface area contributed by atoms with E-state index in [-0.39, 0.29) is 11.6 Å². The third-order valence-electron chi connectivity index (χ3n) is 5.00. The van der Waals surface area contributed by atoms with E-state index in [1.165, 1.54) is 11.6 Å². The zero-order chi connectivity index (χ0) is 17.7. The summed E-state index contributed by atoms with van der Waals surface area (Å²) in [6, 6.07) is 11.3. The number of anilines is 1. The van der Waals surface area contributed by atoms with Crippen LogP contribution in [0.2, 0.25) is 0 Å². The summed E-state index contributed by atoms with van der Waals surface area (Å²) in [5.41, 5.74) is 5.13. The van der Waals surface area contributed by atoms with Crippen molar-refractivity contribution >= 4 is 11.3 Å². The van der Waals surface area contributed by atoms with Crippen LogP contribution >= 0.6 is 0 Å². The highest BCUT2D eigenvalue weighted by Gasteiger charge is 2.33. The standard InChI is InChI=1S/C19H18N6O/c1-12-4-3-8-25-15(12)10-14(23-25)19-18-13(20-11-21-18)7-9-24(19)16-5-2-6-17(26)22-16/h2-6,8,10-11,19H,7,9H2,1H3,(H,20,21)(H,22,26)/t19-/m0/s1. The van der Waals surface area contributed by atoms with E-state index in [4.69, 9.17) is 5.10 Å². The quantitative estimate of drug-likeness (QED) is 0.583. The van der Waals surface area contributed by atoms with Gasteiger partial charge in [0.25, 0.3) is 0 Å². The summed E-state index contributed by atoms with van der Waals surface area (Å²) in [6.07, 6.45) is 4.53. The van der Waals surface area contributed by atoms with Gasteiger partial charge in [0.2, 0.25) is 5.56 Å². The van der Waals surface area contributed by atoms with E-state index in [0.717, 1.165) is 41.4 Å². The van der Waals surface area contributed by atoms with Crippen LogP contribution < -0.4 is 10.5 Å². The van der Waals surface area contributed by atoms with Crippen LogP contribution in [0.25, 0.3) is 5.52 Å². The number of H-pyrrole nitrogens is 2. The maximum atomic E-state index is 11.8. The first-order valence-electron chi connectivity index (χ1n) is 8.64. The molecule has 0 radical (unpaired) electrons. The Balaban J connectivity index is 1.70. The lowest BCUT2D eigenvalue weighted by molar-refractivity contribution is 0.610. The van der Waals surface area contributed by atoms with Crippen LogP contribution in [0, 0.1) is 6.92 Å². The number of aromatic nitrogens is 5. The molecule has 4 aromatic rings. The van der Waals surface area contributed by atoms with Crippen molar-refractivity contribution in [2.45, 2.75) is 19.4 Å². The molecule has 5 rings (SSSR count). The van der Waals surface area contributed by atoms with Crippen molar-refractivity contribution in [3.63, 3.8) is 0 Å². The fraction of sp³-hybridized carbons (Fsp3) is 0.211. The second kappa shape index (κ2) is 5.59. The van der Waals surface area contributed by atoms with Gasteiger partial charge in [-0.15, -0.1) is 0 Å². The lowest BCUT2D eigenvalue weighted by atomic mass is 9.99. The Morgan fingerprint density at radius 3 is 3.00 bits per heavy atom. The number of hydrogen-bond donors (Lipinski definition) is 2. The van der Waals surface area contributed by atoms with E-state index in [1.54, 1.807) is 12.4 Å². The topological polar surface area (TPSA) is 82.1 Å². The summed E-state index contributed by atoms with van der Waals surface area (Å²) in [7, 11) is 0. The molecule has 5 heterocycles. The Morgan fingerprint density at radius 1 is 1.23 bits per heavy atom. The molecule has 130 valence electrons.